The molecular weight excluding hydrogens is 365 g/mol. The van der Waals surface area contributed by atoms with Crippen LogP contribution in [0.5, 0.6) is 0 Å². The minimum atomic E-state index is -5.84. The van der Waals surface area contributed by atoms with E-state index in [9.17, 15) is 21.6 Å². The molecule has 134 valence electrons. The quantitative estimate of drug-likeness (QED) is 0.402. The topological polar surface area (TPSA) is 137 Å². The second kappa shape index (κ2) is 7.90. The van der Waals surface area contributed by atoms with Gasteiger partial charge in [0.15, 0.2) is 0 Å². The van der Waals surface area contributed by atoms with E-state index in [1.54, 1.807) is 18.5 Å². The summed E-state index contributed by atoms with van der Waals surface area (Å²) in [6.07, 6.45) is 5.12. The van der Waals surface area contributed by atoms with Gasteiger partial charge in [0.05, 0.1) is 5.25 Å². The highest BCUT2D eigenvalue weighted by atomic mass is 32.2. The molecule has 1 heterocycles. The monoisotopic (exact) mass is 380 g/mol. The molecule has 3 N–H and O–H groups in total. The van der Waals surface area contributed by atoms with E-state index >= 15 is 0 Å². The van der Waals surface area contributed by atoms with E-state index in [2.05, 4.69) is 16.5 Å². The molecule has 0 saturated heterocycles. The molecule has 0 saturated carbocycles. The summed E-state index contributed by atoms with van der Waals surface area (Å²) in [4.78, 5) is 6.91. The van der Waals surface area contributed by atoms with Crippen LogP contribution >= 0.6 is 0 Å². The van der Waals surface area contributed by atoms with Gasteiger partial charge in [-0.25, -0.2) is 4.98 Å². The number of nitrogens with one attached hydrogen (secondary N) is 1. The predicted molar refractivity (Wildman–Crippen MR) is 74.8 cm³/mol. The Morgan fingerprint density at radius 2 is 1.83 bits per heavy atom. The van der Waals surface area contributed by atoms with Gasteiger partial charge in [-0.1, -0.05) is 6.08 Å². The number of nitrogens with zero attached hydrogens (tertiary/aromatic N) is 1. The minimum absolute atomic E-state index is 0.197. The Morgan fingerprint density at radius 1 is 1.35 bits per heavy atom. The van der Waals surface area contributed by atoms with Crippen LogP contribution in [0, 0.1) is 0 Å². The first-order chi connectivity index (χ1) is 10.2. The van der Waals surface area contributed by atoms with Gasteiger partial charge in [-0.05, 0) is 13.3 Å². The van der Waals surface area contributed by atoms with E-state index in [-0.39, 0.29) is 12.3 Å². The number of allylic oxidation sites excluding steroid dienone is 1. The van der Waals surface area contributed by atoms with Crippen molar-refractivity contribution >= 4 is 20.2 Å². The normalized spacial score (nSPS) is 15.2. The maximum atomic E-state index is 10.8. The largest absolute Gasteiger partial charge is 0.522 e. The van der Waals surface area contributed by atoms with E-state index in [1.807, 2.05) is 0 Å². The number of H-pyrrole nitrogens is 1. The first-order valence-electron chi connectivity index (χ1n) is 5.82. The number of halogens is 3. The van der Waals surface area contributed by atoms with Crippen LogP contribution in [0.3, 0.4) is 0 Å². The van der Waals surface area contributed by atoms with Gasteiger partial charge in [0, 0.05) is 18.3 Å². The zero-order chi connectivity index (χ0) is 18.5. The molecule has 1 aromatic rings. The second-order valence-electron chi connectivity index (χ2n) is 4.30. The van der Waals surface area contributed by atoms with Crippen LogP contribution in [0.25, 0.3) is 0 Å². The molecule has 8 nitrogen and oxygen atoms in total. The van der Waals surface area contributed by atoms with Gasteiger partial charge in [-0.2, -0.15) is 30.0 Å². The molecule has 2 unspecified atom stereocenters. The second-order valence-corrected chi connectivity index (χ2v) is 7.55. The van der Waals surface area contributed by atoms with Crippen LogP contribution in [0.4, 0.5) is 13.2 Å². The Morgan fingerprint density at radius 3 is 2.09 bits per heavy atom. The lowest BCUT2D eigenvalue weighted by Crippen LogP contribution is -2.21. The predicted octanol–water partition coefficient (Wildman–Crippen LogP) is 1.74. The van der Waals surface area contributed by atoms with Crippen molar-refractivity contribution in [2.24, 2.45) is 0 Å². The standard InChI is InChI=1S/C9H14N2O3S.CHF3O3S/c1-3-8(9-10-4-5-11-9)6-7(2)15(12,13)14;2-1(3,4)8(5,6)7/h3-5,7-8H,1,6H2,2H3,(H,10,11)(H,12,13,14);(H,5,6,7). The summed E-state index contributed by atoms with van der Waals surface area (Å²) in [5.74, 6) is 0.456. The van der Waals surface area contributed by atoms with Gasteiger partial charge in [0.2, 0.25) is 0 Å². The minimum Gasteiger partial charge on any atom is -0.348 e. The molecule has 0 aliphatic carbocycles. The van der Waals surface area contributed by atoms with Crippen molar-refractivity contribution in [1.82, 2.24) is 9.97 Å². The molecule has 13 heteroatoms. The summed E-state index contributed by atoms with van der Waals surface area (Å²) in [6, 6.07) is 0. The fourth-order valence-electron chi connectivity index (χ4n) is 1.28. The average molecular weight is 380 g/mol. The maximum absolute atomic E-state index is 10.8. The van der Waals surface area contributed by atoms with E-state index in [0.29, 0.717) is 5.82 Å². The number of hydrogen-bond donors (Lipinski definition) is 3. The molecule has 0 aliphatic rings. The fourth-order valence-corrected chi connectivity index (χ4v) is 1.73. The molecule has 0 bridgehead atoms. The third-order valence-corrected chi connectivity index (χ3v) is 4.34. The first kappa shape index (κ1) is 21.6. The van der Waals surface area contributed by atoms with Crippen molar-refractivity contribution in [1.29, 1.82) is 0 Å². The molecule has 0 radical (unpaired) electrons. The van der Waals surface area contributed by atoms with E-state index in [1.165, 1.54) is 6.92 Å². The van der Waals surface area contributed by atoms with Crippen LogP contribution in [-0.2, 0) is 20.2 Å². The highest BCUT2D eigenvalue weighted by molar-refractivity contribution is 7.86. The van der Waals surface area contributed by atoms with Crippen molar-refractivity contribution in [2.75, 3.05) is 0 Å². The maximum Gasteiger partial charge on any atom is 0.522 e. The summed E-state index contributed by atoms with van der Waals surface area (Å²) >= 11 is 0. The van der Waals surface area contributed by atoms with E-state index in [4.69, 9.17) is 17.5 Å². The summed E-state index contributed by atoms with van der Waals surface area (Å²) in [6.45, 7) is 5.07. The zero-order valence-corrected chi connectivity index (χ0v) is 13.4. The van der Waals surface area contributed by atoms with Crippen molar-refractivity contribution in [2.45, 2.75) is 30.0 Å². The molecule has 1 aromatic heterocycles. The number of hydrogen-bond acceptors (Lipinski definition) is 5. The lowest BCUT2D eigenvalue weighted by Gasteiger charge is -2.13. The number of imidazole rings is 1. The lowest BCUT2D eigenvalue weighted by atomic mass is 10.0. The molecule has 0 aliphatic heterocycles. The number of rotatable bonds is 5. The summed E-state index contributed by atoms with van der Waals surface area (Å²) in [5, 5.41) is -0.828. The summed E-state index contributed by atoms with van der Waals surface area (Å²) < 4.78 is 88.1. The molecule has 2 atom stereocenters. The highest BCUT2D eigenvalue weighted by Crippen LogP contribution is 2.21. The fraction of sp³-hybridized carbons (Fsp3) is 0.500. The summed E-state index contributed by atoms with van der Waals surface area (Å²) in [7, 11) is -9.83. The molecule has 0 amide bonds. The average Bonchev–Trinajstić information content (AvgIpc) is 2.86. The Kier molecular flexibility index (Phi) is 7.40. The Balaban J connectivity index is 0.000000515. The van der Waals surface area contributed by atoms with Crippen molar-refractivity contribution < 1.29 is 39.1 Å². The molecule has 0 aromatic carbocycles. The third-order valence-electron chi connectivity index (χ3n) is 2.54. The molecular formula is C10H15F3N2O6S2. The van der Waals surface area contributed by atoms with Gasteiger partial charge in [0.25, 0.3) is 10.1 Å². The van der Waals surface area contributed by atoms with Crippen LogP contribution in [-0.4, -0.2) is 46.7 Å². The van der Waals surface area contributed by atoms with Crippen LogP contribution in [0.15, 0.2) is 25.0 Å². The van der Waals surface area contributed by atoms with Crippen molar-refractivity contribution in [3.05, 3.63) is 30.9 Å². The van der Waals surface area contributed by atoms with Gasteiger partial charge < -0.3 is 4.98 Å². The van der Waals surface area contributed by atoms with Crippen molar-refractivity contribution in [3.8, 4) is 0 Å². The van der Waals surface area contributed by atoms with E-state index < -0.39 is 31.0 Å². The molecule has 1 rings (SSSR count). The van der Waals surface area contributed by atoms with Crippen LogP contribution in [0.2, 0.25) is 0 Å². The van der Waals surface area contributed by atoms with E-state index in [0.717, 1.165) is 0 Å². The van der Waals surface area contributed by atoms with Gasteiger partial charge in [-0.3, -0.25) is 9.11 Å². The number of aromatic nitrogens is 2. The molecule has 0 fully saturated rings. The highest BCUT2D eigenvalue weighted by Gasteiger charge is 2.44. The number of aromatic amines is 1. The SMILES string of the molecule is C=CC(CC(C)S(=O)(=O)O)c1ncc[nH]1.O=S(=O)(O)C(F)(F)F. The van der Waals surface area contributed by atoms with Crippen molar-refractivity contribution in [3.63, 3.8) is 0 Å². The van der Waals surface area contributed by atoms with Gasteiger partial charge >= 0.3 is 15.6 Å². The van der Waals surface area contributed by atoms with Gasteiger partial charge in [0.1, 0.15) is 5.82 Å². The Bertz CT molecular complexity index is 697. The van der Waals surface area contributed by atoms with Gasteiger partial charge in [-0.15, -0.1) is 6.58 Å². The third kappa shape index (κ3) is 7.58. The lowest BCUT2D eigenvalue weighted by molar-refractivity contribution is -0.0510. The van der Waals surface area contributed by atoms with Crippen LogP contribution < -0.4 is 0 Å². The molecule has 0 spiro atoms. The number of alkyl halides is 3. The smallest absolute Gasteiger partial charge is 0.348 e. The Hall–Kier alpha value is -1.44. The summed E-state index contributed by atoms with van der Waals surface area (Å²) in [5.41, 5.74) is -5.53. The first-order valence-corrected chi connectivity index (χ1v) is 8.76. The zero-order valence-electron chi connectivity index (χ0n) is 11.7. The van der Waals surface area contributed by atoms with Crippen LogP contribution in [0.1, 0.15) is 25.1 Å². The Labute approximate surface area is 130 Å². The molecule has 23 heavy (non-hydrogen) atoms.